The molecule has 0 bridgehead atoms. The maximum atomic E-state index is 12.6. The van der Waals surface area contributed by atoms with Crippen molar-refractivity contribution < 1.29 is 4.79 Å². The van der Waals surface area contributed by atoms with Gasteiger partial charge in [0.2, 0.25) is 0 Å². The summed E-state index contributed by atoms with van der Waals surface area (Å²) in [6, 6.07) is 15.8. The van der Waals surface area contributed by atoms with Crippen molar-refractivity contribution in [3.63, 3.8) is 0 Å². The Hall–Kier alpha value is -2.99. The third kappa shape index (κ3) is 3.04. The van der Waals surface area contributed by atoms with Crippen LogP contribution in [0.2, 0.25) is 0 Å². The molecule has 0 spiro atoms. The molecule has 0 atom stereocenters. The molecule has 25 heavy (non-hydrogen) atoms. The van der Waals surface area contributed by atoms with Gasteiger partial charge in [-0.05, 0) is 19.1 Å². The molecule has 1 N–H and O–H groups in total. The molecule has 3 aromatic heterocycles. The zero-order valence-electron chi connectivity index (χ0n) is 13.6. The number of thiazole rings is 1. The van der Waals surface area contributed by atoms with E-state index in [0.717, 1.165) is 27.6 Å². The molecule has 5 nitrogen and oxygen atoms in total. The second-order valence-corrected chi connectivity index (χ2v) is 6.65. The van der Waals surface area contributed by atoms with Gasteiger partial charge in [0.25, 0.3) is 5.91 Å². The predicted octanol–water partition coefficient (Wildman–Crippen LogP) is 3.70. The molecule has 0 aliphatic rings. The molecule has 4 rings (SSSR count). The van der Waals surface area contributed by atoms with E-state index in [0.29, 0.717) is 11.4 Å². The third-order valence-electron chi connectivity index (χ3n) is 3.95. The molecule has 0 aliphatic carbocycles. The topological polar surface area (TPSA) is 59.3 Å². The average Bonchev–Trinajstić information content (AvgIpc) is 3.24. The fourth-order valence-electron chi connectivity index (χ4n) is 2.68. The van der Waals surface area contributed by atoms with E-state index < -0.39 is 0 Å². The van der Waals surface area contributed by atoms with Crippen LogP contribution in [0.15, 0.2) is 60.9 Å². The van der Waals surface area contributed by atoms with Crippen molar-refractivity contribution in [1.29, 1.82) is 0 Å². The van der Waals surface area contributed by atoms with Crippen molar-refractivity contribution in [2.24, 2.45) is 0 Å². The van der Waals surface area contributed by atoms with Gasteiger partial charge in [-0.15, -0.1) is 11.3 Å². The molecule has 4 aromatic rings. The van der Waals surface area contributed by atoms with Crippen LogP contribution in [0, 0.1) is 6.92 Å². The Morgan fingerprint density at radius 3 is 2.80 bits per heavy atom. The number of rotatable bonds is 4. The lowest BCUT2D eigenvalue weighted by Crippen LogP contribution is -2.23. The van der Waals surface area contributed by atoms with E-state index in [1.807, 2.05) is 66.1 Å². The van der Waals surface area contributed by atoms with E-state index in [1.54, 1.807) is 6.20 Å². The van der Waals surface area contributed by atoms with Gasteiger partial charge in [0.15, 0.2) is 0 Å². The van der Waals surface area contributed by atoms with Gasteiger partial charge in [-0.25, -0.2) is 9.97 Å². The number of nitrogens with zero attached hydrogens (tertiary/aromatic N) is 3. The predicted molar refractivity (Wildman–Crippen MR) is 98.6 cm³/mol. The van der Waals surface area contributed by atoms with Crippen LogP contribution in [0.25, 0.3) is 16.1 Å². The minimum atomic E-state index is -0.120. The second kappa shape index (κ2) is 6.49. The Balaban J connectivity index is 1.53. The first-order chi connectivity index (χ1) is 12.2. The standard InChI is InChI=1S/C19H16N4OS/c1-13-17(25-19(22-13)14-7-3-2-4-8-14)18(24)21-12-16-20-11-15-9-5-6-10-23(15)16/h2-11H,12H2,1H3,(H,21,24). The highest BCUT2D eigenvalue weighted by Gasteiger charge is 2.16. The Bertz CT molecular complexity index is 1040. The molecule has 3 heterocycles. The van der Waals surface area contributed by atoms with Gasteiger partial charge in [-0.3, -0.25) is 4.79 Å². The number of nitrogens with one attached hydrogen (secondary N) is 1. The minimum Gasteiger partial charge on any atom is -0.344 e. The number of amides is 1. The summed E-state index contributed by atoms with van der Waals surface area (Å²) >= 11 is 1.41. The number of hydrogen-bond donors (Lipinski definition) is 1. The highest BCUT2D eigenvalue weighted by molar-refractivity contribution is 7.17. The first kappa shape index (κ1) is 15.5. The molecule has 0 saturated heterocycles. The summed E-state index contributed by atoms with van der Waals surface area (Å²) < 4.78 is 1.97. The van der Waals surface area contributed by atoms with Crippen LogP contribution in [-0.2, 0) is 6.54 Å². The fourth-order valence-corrected chi connectivity index (χ4v) is 3.67. The maximum Gasteiger partial charge on any atom is 0.263 e. The molecule has 0 unspecified atom stereocenters. The zero-order chi connectivity index (χ0) is 17.2. The molecule has 0 aliphatic heterocycles. The summed E-state index contributed by atoms with van der Waals surface area (Å²) in [4.78, 5) is 22.1. The largest absolute Gasteiger partial charge is 0.344 e. The lowest BCUT2D eigenvalue weighted by atomic mass is 10.2. The van der Waals surface area contributed by atoms with Crippen LogP contribution in [0.4, 0.5) is 0 Å². The van der Waals surface area contributed by atoms with Crippen LogP contribution < -0.4 is 5.32 Å². The number of pyridine rings is 1. The van der Waals surface area contributed by atoms with E-state index in [9.17, 15) is 4.79 Å². The van der Waals surface area contributed by atoms with Crippen molar-refractivity contribution >= 4 is 22.8 Å². The number of aryl methyl sites for hydroxylation is 1. The molecule has 0 fully saturated rings. The lowest BCUT2D eigenvalue weighted by molar-refractivity contribution is 0.0953. The van der Waals surface area contributed by atoms with Gasteiger partial charge >= 0.3 is 0 Å². The molecule has 124 valence electrons. The van der Waals surface area contributed by atoms with E-state index in [-0.39, 0.29) is 5.91 Å². The fraction of sp³-hybridized carbons (Fsp3) is 0.105. The summed E-state index contributed by atoms with van der Waals surface area (Å²) in [5, 5.41) is 3.80. The lowest BCUT2D eigenvalue weighted by Gasteiger charge is -2.03. The normalized spacial score (nSPS) is 10.9. The molecule has 0 saturated carbocycles. The number of carbonyl (C=O) groups is 1. The first-order valence-electron chi connectivity index (χ1n) is 7.94. The van der Waals surface area contributed by atoms with Crippen molar-refractivity contribution in [2.45, 2.75) is 13.5 Å². The number of hydrogen-bond acceptors (Lipinski definition) is 4. The number of carbonyl (C=O) groups excluding carboxylic acids is 1. The Morgan fingerprint density at radius 2 is 1.96 bits per heavy atom. The number of benzene rings is 1. The number of fused-ring (bicyclic) bond motifs is 1. The van der Waals surface area contributed by atoms with Gasteiger partial charge < -0.3 is 9.72 Å². The van der Waals surface area contributed by atoms with Crippen LogP contribution in [0.3, 0.4) is 0 Å². The smallest absolute Gasteiger partial charge is 0.263 e. The zero-order valence-corrected chi connectivity index (χ0v) is 14.5. The van der Waals surface area contributed by atoms with Crippen LogP contribution >= 0.6 is 11.3 Å². The van der Waals surface area contributed by atoms with Gasteiger partial charge in [0, 0.05) is 11.8 Å². The van der Waals surface area contributed by atoms with Gasteiger partial charge in [0.05, 0.1) is 24.0 Å². The summed E-state index contributed by atoms with van der Waals surface area (Å²) in [5.41, 5.74) is 2.77. The van der Waals surface area contributed by atoms with Crippen molar-refractivity contribution in [2.75, 3.05) is 0 Å². The monoisotopic (exact) mass is 348 g/mol. The van der Waals surface area contributed by atoms with Crippen LogP contribution in [0.1, 0.15) is 21.2 Å². The Kier molecular flexibility index (Phi) is 4.03. The maximum absolute atomic E-state index is 12.6. The summed E-state index contributed by atoms with van der Waals surface area (Å²) in [6.45, 7) is 2.23. The van der Waals surface area contributed by atoms with Crippen LogP contribution in [0.5, 0.6) is 0 Å². The van der Waals surface area contributed by atoms with Gasteiger partial charge in [-0.1, -0.05) is 36.4 Å². The summed E-state index contributed by atoms with van der Waals surface area (Å²) in [5.74, 6) is 0.680. The van der Waals surface area contributed by atoms with Gasteiger partial charge in [-0.2, -0.15) is 0 Å². The molecular weight excluding hydrogens is 332 g/mol. The van der Waals surface area contributed by atoms with E-state index >= 15 is 0 Å². The van der Waals surface area contributed by atoms with E-state index in [2.05, 4.69) is 15.3 Å². The number of aromatic nitrogens is 3. The minimum absolute atomic E-state index is 0.120. The van der Waals surface area contributed by atoms with Crippen molar-refractivity contribution in [3.8, 4) is 10.6 Å². The average molecular weight is 348 g/mol. The van der Waals surface area contributed by atoms with Crippen molar-refractivity contribution in [1.82, 2.24) is 19.7 Å². The van der Waals surface area contributed by atoms with Gasteiger partial charge in [0.1, 0.15) is 15.7 Å². The van der Waals surface area contributed by atoms with E-state index in [1.165, 1.54) is 11.3 Å². The highest BCUT2D eigenvalue weighted by atomic mass is 32.1. The summed E-state index contributed by atoms with van der Waals surface area (Å²) in [6.07, 6.45) is 3.74. The van der Waals surface area contributed by atoms with E-state index in [4.69, 9.17) is 0 Å². The second-order valence-electron chi connectivity index (χ2n) is 5.65. The Labute approximate surface area is 149 Å². The molecular formula is C19H16N4OS. The third-order valence-corrected chi connectivity index (χ3v) is 5.15. The molecule has 1 aromatic carbocycles. The molecule has 1 amide bonds. The Morgan fingerprint density at radius 1 is 1.16 bits per heavy atom. The SMILES string of the molecule is Cc1nc(-c2ccccc2)sc1C(=O)NCc1ncc2ccccn12. The van der Waals surface area contributed by atoms with Crippen LogP contribution in [-0.4, -0.2) is 20.3 Å². The molecule has 6 heteroatoms. The summed E-state index contributed by atoms with van der Waals surface area (Å²) in [7, 11) is 0. The first-order valence-corrected chi connectivity index (χ1v) is 8.76. The molecule has 0 radical (unpaired) electrons. The van der Waals surface area contributed by atoms with Crippen molar-refractivity contribution in [3.05, 3.63) is 77.3 Å². The number of imidazole rings is 1. The highest BCUT2D eigenvalue weighted by Crippen LogP contribution is 2.27. The quantitative estimate of drug-likeness (QED) is 0.612.